The summed E-state index contributed by atoms with van der Waals surface area (Å²) in [6.07, 6.45) is -0.515. The normalized spacial score (nSPS) is 12.0. The van der Waals surface area contributed by atoms with E-state index in [9.17, 15) is 9.59 Å². The number of para-hydroxylation sites is 8. The molecule has 10 heteroatoms. The van der Waals surface area contributed by atoms with Crippen molar-refractivity contribution in [3.05, 3.63) is 327 Å². The third-order valence-corrected chi connectivity index (χ3v) is 20.3. The maximum atomic E-state index is 13.4. The fraction of sp³-hybridized carbons (Fsp3) is 0.0337. The van der Waals surface area contributed by atoms with Crippen LogP contribution in [0.25, 0.3) is 165 Å². The number of carbonyl (C=O) groups is 2. The van der Waals surface area contributed by atoms with E-state index < -0.39 is 18.4 Å². The number of ether oxygens (including phenoxy) is 2. The van der Waals surface area contributed by atoms with E-state index in [1.54, 1.807) is 0 Å². The molecule has 14 aromatic carbocycles. The van der Waals surface area contributed by atoms with E-state index in [2.05, 4.69) is 319 Å². The molecule has 10 nitrogen and oxygen atoms in total. The molecule has 20 aromatic rings. The largest absolute Gasteiger partial charge is 0.460 e. The van der Waals surface area contributed by atoms with Gasteiger partial charge in [0, 0.05) is 98.8 Å². The van der Waals surface area contributed by atoms with Gasteiger partial charge in [0.2, 0.25) is 0 Å². The Morgan fingerprint density at radius 2 is 0.384 bits per heavy atom. The fourth-order valence-electron chi connectivity index (χ4n) is 15.9. The van der Waals surface area contributed by atoms with Crippen molar-refractivity contribution in [2.45, 2.75) is 19.6 Å². The lowest BCUT2D eigenvalue weighted by molar-refractivity contribution is -0.156. The summed E-state index contributed by atoms with van der Waals surface area (Å²) < 4.78 is 25.6. The quantitative estimate of drug-likeness (QED) is 0.0901. The Bertz CT molecular complexity index is 5790. The van der Waals surface area contributed by atoms with Crippen molar-refractivity contribution in [1.29, 1.82) is 0 Å². The Kier molecular flexibility index (Phi) is 12.6. The van der Waals surface area contributed by atoms with Crippen LogP contribution in [0.15, 0.2) is 315 Å². The number of hydrogen-bond acceptors (Lipinski definition) is 4. The highest BCUT2D eigenvalue weighted by molar-refractivity contribution is 6.17. The maximum Gasteiger partial charge on any atom is 0.317 e. The lowest BCUT2D eigenvalue weighted by atomic mass is 10.1. The van der Waals surface area contributed by atoms with Crippen LogP contribution in [0.4, 0.5) is 0 Å². The number of hydrogen-bond donors (Lipinski definition) is 0. The number of esters is 2. The van der Waals surface area contributed by atoms with E-state index in [1.807, 2.05) is 24.3 Å². The van der Waals surface area contributed by atoms with Crippen LogP contribution in [0.3, 0.4) is 0 Å². The lowest BCUT2D eigenvalue weighted by Crippen LogP contribution is -2.14. The van der Waals surface area contributed by atoms with Gasteiger partial charge in [0.15, 0.2) is 0 Å². The Labute approximate surface area is 566 Å². The van der Waals surface area contributed by atoms with Gasteiger partial charge >= 0.3 is 11.9 Å². The summed E-state index contributed by atoms with van der Waals surface area (Å²) in [5.41, 5.74) is 21.2. The highest BCUT2D eigenvalue weighted by Crippen LogP contribution is 2.43. The third-order valence-electron chi connectivity index (χ3n) is 20.3. The number of carbonyl (C=O) groups excluding carboxylic acids is 2. The zero-order chi connectivity index (χ0) is 65.4. The first-order valence-electron chi connectivity index (χ1n) is 33.5. The summed E-state index contributed by atoms with van der Waals surface area (Å²) in [4.78, 5) is 26.7. The standard InChI is InChI=1S/C89H58N6O4/c96-88(98-54-56-33-37-58(38-34-56)90-84-45-41-60(92-76-25-9-1-17-64(76)65-18-2-10-26-77(65)92)49-72(84)73-50-61(42-46-85(73)90)93-78-27-11-3-19-66(78)67-20-4-12-28-79(67)93)53-89(97)99-55-57-35-39-59(40-36-57)91-86-47-43-62(94-80-29-13-5-21-68(80)69-22-6-14-30-81(69)94)51-74(86)75-52-63(44-48-87(75)91)95-82-31-15-7-23-70(82)71-24-8-16-32-83(71)95/h1-52H,53-55H2. The maximum absolute atomic E-state index is 13.4. The van der Waals surface area contributed by atoms with Crippen LogP contribution >= 0.6 is 0 Å². The summed E-state index contributed by atoms with van der Waals surface area (Å²) in [6.45, 7) is -0.00588. The molecule has 0 spiro atoms. The number of fused-ring (bicyclic) bond motifs is 18. The number of benzene rings is 14. The van der Waals surface area contributed by atoms with Gasteiger partial charge in [-0.1, -0.05) is 170 Å². The molecule has 0 radical (unpaired) electrons. The smallest absolute Gasteiger partial charge is 0.317 e. The first-order valence-corrected chi connectivity index (χ1v) is 33.5. The Hall–Kier alpha value is -13.2. The van der Waals surface area contributed by atoms with Gasteiger partial charge in [0.05, 0.1) is 66.2 Å². The summed E-state index contributed by atoms with van der Waals surface area (Å²) in [5, 5.41) is 14.2. The molecule has 6 aromatic heterocycles. The van der Waals surface area contributed by atoms with Crippen LogP contribution < -0.4 is 0 Å². The summed E-state index contributed by atoms with van der Waals surface area (Å²) in [5.74, 6) is -1.32. The molecule has 0 saturated carbocycles. The molecule has 20 rings (SSSR count). The molecule has 0 atom stereocenters. The molecule has 0 saturated heterocycles. The third kappa shape index (κ3) is 8.82. The van der Waals surface area contributed by atoms with Crippen molar-refractivity contribution in [1.82, 2.24) is 27.4 Å². The van der Waals surface area contributed by atoms with Gasteiger partial charge in [-0.2, -0.15) is 0 Å². The average molecular weight is 1280 g/mol. The van der Waals surface area contributed by atoms with Crippen LogP contribution in [0.2, 0.25) is 0 Å². The van der Waals surface area contributed by atoms with Crippen molar-refractivity contribution in [2.75, 3.05) is 0 Å². The van der Waals surface area contributed by atoms with Crippen molar-refractivity contribution in [3.8, 4) is 34.1 Å². The second kappa shape index (κ2) is 22.2. The molecule has 0 amide bonds. The van der Waals surface area contributed by atoms with Gasteiger partial charge in [-0.15, -0.1) is 0 Å². The molecule has 6 heterocycles. The van der Waals surface area contributed by atoms with E-state index in [4.69, 9.17) is 9.47 Å². The van der Waals surface area contributed by atoms with Gasteiger partial charge in [0.1, 0.15) is 19.6 Å². The van der Waals surface area contributed by atoms with Crippen LogP contribution in [-0.4, -0.2) is 39.3 Å². The topological polar surface area (TPSA) is 82.2 Å². The number of rotatable bonds is 12. The summed E-state index contributed by atoms with van der Waals surface area (Å²) in [7, 11) is 0. The fourth-order valence-corrected chi connectivity index (χ4v) is 15.9. The summed E-state index contributed by atoms with van der Waals surface area (Å²) >= 11 is 0. The van der Waals surface area contributed by atoms with Crippen LogP contribution in [0.1, 0.15) is 17.5 Å². The van der Waals surface area contributed by atoms with E-state index in [0.717, 1.165) is 133 Å². The van der Waals surface area contributed by atoms with Crippen molar-refractivity contribution >= 4 is 143 Å². The van der Waals surface area contributed by atoms with E-state index in [1.165, 1.54) is 43.1 Å². The molecule has 0 unspecified atom stereocenters. The second-order valence-corrected chi connectivity index (χ2v) is 25.8. The van der Waals surface area contributed by atoms with E-state index >= 15 is 0 Å². The first kappa shape index (κ1) is 56.2. The van der Waals surface area contributed by atoms with Gasteiger partial charge < -0.3 is 36.9 Å². The van der Waals surface area contributed by atoms with Gasteiger partial charge in [-0.05, 0) is 157 Å². The zero-order valence-corrected chi connectivity index (χ0v) is 53.5. The Morgan fingerprint density at radius 1 is 0.202 bits per heavy atom. The predicted molar refractivity (Wildman–Crippen MR) is 403 cm³/mol. The van der Waals surface area contributed by atoms with Gasteiger partial charge in [-0.3, -0.25) is 9.59 Å². The van der Waals surface area contributed by atoms with Gasteiger partial charge in [0.25, 0.3) is 0 Å². The Morgan fingerprint density at radius 3 is 0.606 bits per heavy atom. The monoisotopic (exact) mass is 1270 g/mol. The second-order valence-electron chi connectivity index (χ2n) is 25.8. The molecular weight excluding hydrogens is 1220 g/mol. The lowest BCUT2D eigenvalue weighted by Gasteiger charge is -2.12. The molecule has 468 valence electrons. The highest BCUT2D eigenvalue weighted by Gasteiger charge is 2.23. The SMILES string of the molecule is O=C(CC(=O)OCc1ccc(-n2c3ccc(-n4c5ccccc5c5ccccc54)cc3c3cc(-n4c5ccccc5c5ccccc54)ccc32)cc1)OCc1ccc(-n2c3ccc(-n4c5ccccc5c5ccccc54)cc3c3cc(-n4c5ccccc5c5ccccc54)ccc32)cc1. The highest BCUT2D eigenvalue weighted by atomic mass is 16.6. The zero-order valence-electron chi connectivity index (χ0n) is 53.5. The van der Waals surface area contributed by atoms with Gasteiger partial charge in [-0.25, -0.2) is 0 Å². The molecule has 99 heavy (non-hydrogen) atoms. The predicted octanol–water partition coefficient (Wildman–Crippen LogP) is 21.4. The Balaban J connectivity index is 0.567. The molecule has 0 aliphatic carbocycles. The molecule has 0 fully saturated rings. The summed E-state index contributed by atoms with van der Waals surface area (Å²) in [6, 6.07) is 112. The molecule has 0 aliphatic heterocycles. The van der Waals surface area contributed by atoms with E-state index in [0.29, 0.717) is 0 Å². The van der Waals surface area contributed by atoms with Crippen molar-refractivity contribution in [3.63, 3.8) is 0 Å². The molecule has 0 aliphatic rings. The van der Waals surface area contributed by atoms with Crippen molar-refractivity contribution in [2.24, 2.45) is 0 Å². The molecular formula is C89H58N6O4. The minimum Gasteiger partial charge on any atom is -0.460 e. The number of nitrogens with zero attached hydrogens (tertiary/aromatic N) is 6. The van der Waals surface area contributed by atoms with Crippen molar-refractivity contribution < 1.29 is 19.1 Å². The number of aromatic nitrogens is 6. The molecule has 0 bridgehead atoms. The minimum absolute atomic E-state index is 0.00294. The van der Waals surface area contributed by atoms with Crippen LogP contribution in [-0.2, 0) is 32.3 Å². The minimum atomic E-state index is -0.658. The molecule has 0 N–H and O–H groups in total. The average Bonchev–Trinajstić information content (AvgIpc) is 1.57. The van der Waals surface area contributed by atoms with Crippen LogP contribution in [0.5, 0.6) is 0 Å². The van der Waals surface area contributed by atoms with Crippen LogP contribution in [0, 0.1) is 0 Å². The first-order chi connectivity index (χ1) is 48.9. The van der Waals surface area contributed by atoms with E-state index in [-0.39, 0.29) is 13.2 Å².